The number of halogens is 1. The second kappa shape index (κ2) is 6.31. The van der Waals surface area contributed by atoms with Gasteiger partial charge in [-0.3, -0.25) is 0 Å². The van der Waals surface area contributed by atoms with Crippen molar-refractivity contribution in [3.8, 4) is 0 Å². The highest BCUT2D eigenvalue weighted by atomic mass is 127. The molecule has 4 nitrogen and oxygen atoms in total. The summed E-state index contributed by atoms with van der Waals surface area (Å²) in [5.41, 5.74) is 5.60. The quantitative estimate of drug-likeness (QED) is 0.741. The molecule has 3 N–H and O–H groups in total. The fourth-order valence-electron chi connectivity index (χ4n) is 1.44. The summed E-state index contributed by atoms with van der Waals surface area (Å²) in [4.78, 5) is 0.275. The minimum Gasteiger partial charge on any atom is -0.324 e. The lowest BCUT2D eigenvalue weighted by Crippen LogP contribution is -2.49. The van der Waals surface area contributed by atoms with Crippen molar-refractivity contribution in [2.45, 2.75) is 37.1 Å². The monoisotopic (exact) mass is 382 g/mol. The molecule has 0 fully saturated rings. The summed E-state index contributed by atoms with van der Waals surface area (Å²) >= 11 is 2.14. The zero-order chi connectivity index (χ0) is 13.8. The van der Waals surface area contributed by atoms with E-state index in [1.54, 1.807) is 24.3 Å². The Morgan fingerprint density at radius 2 is 1.72 bits per heavy atom. The van der Waals surface area contributed by atoms with E-state index in [1.165, 1.54) is 0 Å². The van der Waals surface area contributed by atoms with Crippen LogP contribution in [-0.4, -0.2) is 20.5 Å². The molecular formula is C12H19IN2O2S. The van der Waals surface area contributed by atoms with Crippen molar-refractivity contribution in [3.05, 3.63) is 27.8 Å². The Hall–Kier alpha value is -0.180. The van der Waals surface area contributed by atoms with Gasteiger partial charge in [0, 0.05) is 15.7 Å². The van der Waals surface area contributed by atoms with Crippen LogP contribution in [0.15, 0.2) is 29.2 Å². The highest BCUT2D eigenvalue weighted by molar-refractivity contribution is 14.1. The normalized spacial score (nSPS) is 12.7. The molecule has 6 heteroatoms. The van der Waals surface area contributed by atoms with Gasteiger partial charge >= 0.3 is 0 Å². The Morgan fingerprint density at radius 1 is 1.22 bits per heavy atom. The minimum absolute atomic E-state index is 0.258. The molecule has 0 aromatic heterocycles. The van der Waals surface area contributed by atoms with E-state index in [2.05, 4.69) is 27.3 Å². The van der Waals surface area contributed by atoms with Crippen LogP contribution in [0.1, 0.15) is 26.7 Å². The Bertz CT molecular complexity index is 481. The van der Waals surface area contributed by atoms with Gasteiger partial charge < -0.3 is 5.73 Å². The fraction of sp³-hybridized carbons (Fsp3) is 0.500. The highest BCUT2D eigenvalue weighted by Gasteiger charge is 2.23. The van der Waals surface area contributed by atoms with Crippen molar-refractivity contribution in [3.63, 3.8) is 0 Å². The maximum Gasteiger partial charge on any atom is 0.240 e. The number of nitrogens with one attached hydrogen (secondary N) is 1. The van der Waals surface area contributed by atoms with Gasteiger partial charge in [-0.2, -0.15) is 0 Å². The van der Waals surface area contributed by atoms with Crippen LogP contribution in [0.25, 0.3) is 0 Å². The van der Waals surface area contributed by atoms with Gasteiger partial charge in [0.25, 0.3) is 0 Å². The van der Waals surface area contributed by atoms with E-state index in [0.29, 0.717) is 0 Å². The van der Waals surface area contributed by atoms with Gasteiger partial charge in [0.15, 0.2) is 0 Å². The largest absolute Gasteiger partial charge is 0.324 e. The maximum absolute atomic E-state index is 12.1. The molecule has 0 saturated heterocycles. The van der Waals surface area contributed by atoms with E-state index in [0.717, 1.165) is 16.4 Å². The molecule has 0 unspecified atom stereocenters. The standard InChI is InChI=1S/C12H19IN2O2S/c1-3-12(14,4-2)9-15-18(16,17)11-7-5-10(13)6-8-11/h5-8,15H,3-4,9,14H2,1-2H3. The molecule has 18 heavy (non-hydrogen) atoms. The number of benzene rings is 1. The van der Waals surface area contributed by atoms with Gasteiger partial charge in [0.1, 0.15) is 0 Å². The number of sulfonamides is 1. The van der Waals surface area contributed by atoms with Gasteiger partial charge in [-0.05, 0) is 59.7 Å². The Balaban J connectivity index is 2.80. The summed E-state index contributed by atoms with van der Waals surface area (Å²) < 4.78 is 27.7. The zero-order valence-corrected chi connectivity index (χ0v) is 13.6. The second-order valence-electron chi connectivity index (χ2n) is 4.35. The van der Waals surface area contributed by atoms with Crippen molar-refractivity contribution < 1.29 is 8.42 Å². The third kappa shape index (κ3) is 4.18. The van der Waals surface area contributed by atoms with Crippen molar-refractivity contribution in [1.82, 2.24) is 4.72 Å². The first-order valence-corrected chi connectivity index (χ1v) is 8.43. The van der Waals surface area contributed by atoms with Gasteiger partial charge in [-0.15, -0.1) is 0 Å². The number of nitrogens with two attached hydrogens (primary N) is 1. The molecule has 1 rings (SSSR count). The molecule has 0 bridgehead atoms. The lowest BCUT2D eigenvalue weighted by Gasteiger charge is -2.26. The van der Waals surface area contributed by atoms with E-state index in [9.17, 15) is 8.42 Å². The summed E-state index contributed by atoms with van der Waals surface area (Å²) in [5, 5.41) is 0. The third-order valence-electron chi connectivity index (χ3n) is 3.15. The predicted molar refractivity (Wildman–Crippen MR) is 81.8 cm³/mol. The van der Waals surface area contributed by atoms with Crippen LogP contribution in [0.2, 0.25) is 0 Å². The van der Waals surface area contributed by atoms with Crippen LogP contribution >= 0.6 is 22.6 Å². The first-order valence-electron chi connectivity index (χ1n) is 5.87. The number of hydrogen-bond acceptors (Lipinski definition) is 3. The summed E-state index contributed by atoms with van der Waals surface area (Å²) in [7, 11) is -3.46. The topological polar surface area (TPSA) is 72.2 Å². The van der Waals surface area contributed by atoms with E-state index in [1.807, 2.05) is 13.8 Å². The second-order valence-corrected chi connectivity index (χ2v) is 7.36. The number of rotatable bonds is 6. The predicted octanol–water partition coefficient (Wildman–Crippen LogP) is 2.09. The van der Waals surface area contributed by atoms with Crippen molar-refractivity contribution in [2.75, 3.05) is 6.54 Å². The number of hydrogen-bond donors (Lipinski definition) is 2. The van der Waals surface area contributed by atoms with Gasteiger partial charge in [0.05, 0.1) is 4.90 Å². The zero-order valence-electron chi connectivity index (χ0n) is 10.6. The van der Waals surface area contributed by atoms with E-state index < -0.39 is 15.6 Å². The van der Waals surface area contributed by atoms with E-state index in [4.69, 9.17) is 5.73 Å². The summed E-state index contributed by atoms with van der Waals surface area (Å²) in [5.74, 6) is 0. The van der Waals surface area contributed by atoms with Crippen LogP contribution in [0.5, 0.6) is 0 Å². The van der Waals surface area contributed by atoms with Crippen molar-refractivity contribution >= 4 is 32.6 Å². The average molecular weight is 382 g/mol. The Labute approximate surface area is 123 Å². The molecule has 1 aromatic rings. The molecular weight excluding hydrogens is 363 g/mol. The molecule has 1 aromatic carbocycles. The molecule has 0 atom stereocenters. The molecule has 0 aliphatic carbocycles. The summed E-state index contributed by atoms with van der Waals surface area (Å²) in [6.45, 7) is 4.18. The molecule has 102 valence electrons. The molecule has 0 heterocycles. The molecule has 0 radical (unpaired) electrons. The third-order valence-corrected chi connectivity index (χ3v) is 5.28. The van der Waals surface area contributed by atoms with Crippen molar-refractivity contribution in [2.24, 2.45) is 5.73 Å². The van der Waals surface area contributed by atoms with Gasteiger partial charge in [-0.1, -0.05) is 13.8 Å². The first-order chi connectivity index (χ1) is 8.33. The molecule has 0 saturated carbocycles. The molecule has 0 aliphatic heterocycles. The molecule has 0 aliphatic rings. The van der Waals surface area contributed by atoms with Crippen LogP contribution in [0.3, 0.4) is 0 Å². The fourth-order valence-corrected chi connectivity index (χ4v) is 2.93. The molecule has 0 spiro atoms. The highest BCUT2D eigenvalue weighted by Crippen LogP contribution is 2.14. The van der Waals surface area contributed by atoms with Crippen LogP contribution in [-0.2, 0) is 10.0 Å². The van der Waals surface area contributed by atoms with Crippen LogP contribution in [0, 0.1) is 3.57 Å². The van der Waals surface area contributed by atoms with E-state index in [-0.39, 0.29) is 11.4 Å². The Morgan fingerprint density at radius 3 is 2.17 bits per heavy atom. The average Bonchev–Trinajstić information content (AvgIpc) is 2.37. The minimum atomic E-state index is -3.46. The van der Waals surface area contributed by atoms with Crippen LogP contribution < -0.4 is 10.5 Å². The van der Waals surface area contributed by atoms with Gasteiger partial charge in [-0.25, -0.2) is 13.1 Å². The van der Waals surface area contributed by atoms with Crippen molar-refractivity contribution in [1.29, 1.82) is 0 Å². The summed E-state index contributed by atoms with van der Waals surface area (Å²) in [6, 6.07) is 6.73. The van der Waals surface area contributed by atoms with E-state index >= 15 is 0 Å². The maximum atomic E-state index is 12.1. The smallest absolute Gasteiger partial charge is 0.240 e. The lowest BCUT2D eigenvalue weighted by atomic mass is 9.95. The lowest BCUT2D eigenvalue weighted by molar-refractivity contribution is 0.392. The van der Waals surface area contributed by atoms with Crippen LogP contribution in [0.4, 0.5) is 0 Å². The molecule has 0 amide bonds. The summed E-state index contributed by atoms with van der Waals surface area (Å²) in [6.07, 6.45) is 1.47. The van der Waals surface area contributed by atoms with Gasteiger partial charge in [0.2, 0.25) is 10.0 Å². The Kier molecular flexibility index (Phi) is 5.57. The SMILES string of the molecule is CCC(N)(CC)CNS(=O)(=O)c1ccc(I)cc1. The first kappa shape index (κ1) is 15.9.